The molecule has 0 amide bonds. The van der Waals surface area contributed by atoms with Gasteiger partial charge < -0.3 is 28.8 Å². The van der Waals surface area contributed by atoms with Gasteiger partial charge in [0.1, 0.15) is 5.75 Å². The van der Waals surface area contributed by atoms with Crippen molar-refractivity contribution in [2.45, 2.75) is 10.6 Å². The first-order chi connectivity index (χ1) is 16.8. The third-order valence-electron chi connectivity index (χ3n) is 5.33. The molecule has 0 saturated heterocycles. The van der Waals surface area contributed by atoms with E-state index in [-0.39, 0.29) is 22.1 Å². The molecule has 0 atom stereocenters. The van der Waals surface area contributed by atoms with Crippen molar-refractivity contribution in [1.82, 2.24) is 0 Å². The van der Waals surface area contributed by atoms with Crippen LogP contribution >= 0.6 is 0 Å². The molecule has 1 N–H and O–H groups in total. The van der Waals surface area contributed by atoms with Crippen LogP contribution in [-0.4, -0.2) is 49.1 Å². The van der Waals surface area contributed by atoms with Crippen LogP contribution in [-0.2, 0) is 15.6 Å². The summed E-state index contributed by atoms with van der Waals surface area (Å²) in [4.78, 5) is 0.128. The fraction of sp³-hybridized carbons (Fsp3) is 0.231. The van der Waals surface area contributed by atoms with E-state index in [9.17, 15) is 13.5 Å². The van der Waals surface area contributed by atoms with Crippen LogP contribution in [0.2, 0.25) is 0 Å². The second kappa shape index (κ2) is 11.1. The Morgan fingerprint density at radius 2 is 1.43 bits per heavy atom. The predicted octanol–water partition coefficient (Wildman–Crippen LogP) is 4.58. The minimum absolute atomic E-state index is 0.112. The van der Waals surface area contributed by atoms with E-state index in [1.165, 1.54) is 59.8 Å². The number of methoxy groups -OCH3 is 5. The minimum Gasteiger partial charge on any atom is -0.504 e. The van der Waals surface area contributed by atoms with E-state index < -0.39 is 9.84 Å². The first-order valence-electron chi connectivity index (χ1n) is 10.5. The van der Waals surface area contributed by atoms with Gasteiger partial charge in [-0.1, -0.05) is 18.2 Å². The van der Waals surface area contributed by atoms with Gasteiger partial charge in [0.25, 0.3) is 0 Å². The van der Waals surface area contributed by atoms with Crippen molar-refractivity contribution in [2.24, 2.45) is 0 Å². The highest BCUT2D eigenvalue weighted by Gasteiger charge is 2.20. The number of hydrogen-bond acceptors (Lipinski definition) is 8. The zero-order valence-corrected chi connectivity index (χ0v) is 21.0. The van der Waals surface area contributed by atoms with Gasteiger partial charge >= 0.3 is 0 Å². The molecular weight excluding hydrogens is 472 g/mol. The van der Waals surface area contributed by atoms with Crippen molar-refractivity contribution < 1.29 is 37.2 Å². The summed E-state index contributed by atoms with van der Waals surface area (Å²) in [6.07, 6.45) is 3.46. The number of benzene rings is 3. The van der Waals surface area contributed by atoms with E-state index in [2.05, 4.69) is 0 Å². The summed E-state index contributed by atoms with van der Waals surface area (Å²) in [7, 11) is 3.71. The summed E-state index contributed by atoms with van der Waals surface area (Å²) in [6, 6.07) is 12.8. The molecule has 3 aromatic carbocycles. The van der Waals surface area contributed by atoms with Crippen LogP contribution in [0.5, 0.6) is 34.5 Å². The second-order valence-electron chi connectivity index (χ2n) is 7.45. The van der Waals surface area contributed by atoms with Gasteiger partial charge in [-0.25, -0.2) is 8.42 Å². The van der Waals surface area contributed by atoms with Crippen molar-refractivity contribution in [3.05, 3.63) is 65.2 Å². The van der Waals surface area contributed by atoms with E-state index >= 15 is 0 Å². The van der Waals surface area contributed by atoms with Crippen molar-refractivity contribution >= 4 is 22.0 Å². The van der Waals surface area contributed by atoms with Crippen molar-refractivity contribution in [1.29, 1.82) is 0 Å². The molecule has 0 fully saturated rings. The largest absolute Gasteiger partial charge is 0.504 e. The molecule has 9 heteroatoms. The first kappa shape index (κ1) is 25.8. The summed E-state index contributed by atoms with van der Waals surface area (Å²) in [5.74, 6) is 1.60. The van der Waals surface area contributed by atoms with Gasteiger partial charge in [-0.15, -0.1) is 0 Å². The average molecular weight is 501 g/mol. The van der Waals surface area contributed by atoms with Crippen LogP contribution in [0.1, 0.15) is 16.7 Å². The van der Waals surface area contributed by atoms with Gasteiger partial charge in [0, 0.05) is 0 Å². The molecule has 0 saturated carbocycles. The molecule has 3 aromatic rings. The maximum atomic E-state index is 13.2. The quantitative estimate of drug-likeness (QED) is 0.404. The monoisotopic (exact) mass is 500 g/mol. The van der Waals surface area contributed by atoms with Crippen molar-refractivity contribution in [3.63, 3.8) is 0 Å². The van der Waals surface area contributed by atoms with E-state index in [0.29, 0.717) is 34.1 Å². The number of ether oxygens (including phenoxy) is 5. The normalized spacial score (nSPS) is 11.3. The van der Waals surface area contributed by atoms with E-state index in [0.717, 1.165) is 5.56 Å². The third kappa shape index (κ3) is 5.81. The Bertz CT molecular complexity index is 1300. The second-order valence-corrected chi connectivity index (χ2v) is 9.44. The lowest BCUT2D eigenvalue weighted by Crippen LogP contribution is -2.07. The predicted molar refractivity (Wildman–Crippen MR) is 134 cm³/mol. The molecule has 8 nitrogen and oxygen atoms in total. The number of phenols is 1. The Labute approximate surface area is 205 Å². The molecule has 0 unspecified atom stereocenters. The van der Waals surface area contributed by atoms with Gasteiger partial charge in [0.2, 0.25) is 5.75 Å². The number of sulfone groups is 1. The molecule has 0 aliphatic carbocycles. The van der Waals surface area contributed by atoms with Crippen LogP contribution in [0.4, 0.5) is 0 Å². The lowest BCUT2D eigenvalue weighted by atomic mass is 10.1. The molecule has 0 aliphatic rings. The average Bonchev–Trinajstić information content (AvgIpc) is 2.87. The van der Waals surface area contributed by atoms with Gasteiger partial charge in [0.05, 0.1) is 46.2 Å². The number of aromatic hydroxyl groups is 1. The van der Waals surface area contributed by atoms with E-state index in [4.69, 9.17) is 23.7 Å². The minimum atomic E-state index is -3.73. The Kier molecular flexibility index (Phi) is 8.14. The number of rotatable bonds is 10. The zero-order valence-electron chi connectivity index (χ0n) is 20.2. The summed E-state index contributed by atoms with van der Waals surface area (Å²) in [6.45, 7) is 0. The van der Waals surface area contributed by atoms with E-state index in [1.54, 1.807) is 36.4 Å². The van der Waals surface area contributed by atoms with Gasteiger partial charge in [-0.2, -0.15) is 0 Å². The maximum Gasteiger partial charge on any atom is 0.203 e. The Hall–Kier alpha value is -3.85. The van der Waals surface area contributed by atoms with E-state index in [1.807, 2.05) is 0 Å². The molecule has 0 radical (unpaired) electrons. The fourth-order valence-electron chi connectivity index (χ4n) is 3.54. The molecule has 35 heavy (non-hydrogen) atoms. The maximum absolute atomic E-state index is 13.2. The van der Waals surface area contributed by atoms with Crippen LogP contribution in [0, 0.1) is 0 Å². The molecule has 186 valence electrons. The third-order valence-corrected chi connectivity index (χ3v) is 6.99. The van der Waals surface area contributed by atoms with Gasteiger partial charge in [-0.05, 0) is 59.2 Å². The number of phenolic OH excluding ortho intramolecular Hbond substituents is 1. The lowest BCUT2D eigenvalue weighted by molar-refractivity contribution is 0.324. The highest BCUT2D eigenvalue weighted by atomic mass is 32.2. The fourth-order valence-corrected chi connectivity index (χ4v) is 4.94. The molecule has 3 rings (SSSR count). The van der Waals surface area contributed by atoms with Crippen LogP contribution in [0.15, 0.2) is 53.4 Å². The summed E-state index contributed by atoms with van der Waals surface area (Å²) in [5.41, 5.74) is 1.67. The van der Waals surface area contributed by atoms with Crippen molar-refractivity contribution in [2.75, 3.05) is 35.5 Å². The topological polar surface area (TPSA) is 101 Å². The Balaban J connectivity index is 2.05. The first-order valence-corrected chi connectivity index (χ1v) is 12.2. The van der Waals surface area contributed by atoms with Gasteiger partial charge in [0.15, 0.2) is 32.8 Å². The SMILES string of the molecule is COc1cccc(S(=O)(=O)Cc2cc(OC)c(O)cc2/C=C\c2cc(OC)c(OC)c(OC)c2)c1. The number of hydrogen-bond donors (Lipinski definition) is 1. The van der Waals surface area contributed by atoms with Crippen LogP contribution < -0.4 is 23.7 Å². The Morgan fingerprint density at radius 1 is 0.771 bits per heavy atom. The zero-order chi connectivity index (χ0) is 25.6. The standard InChI is InChI=1S/C26H28O8S/c1-30-20-7-6-8-21(15-20)35(28,29)16-19-14-23(31-2)22(27)13-18(19)10-9-17-11-24(32-3)26(34-5)25(12-17)33-4/h6-15,27H,16H2,1-5H3/b10-9-. The summed E-state index contributed by atoms with van der Waals surface area (Å²) < 4.78 is 52.9. The van der Waals surface area contributed by atoms with Crippen molar-refractivity contribution in [3.8, 4) is 34.5 Å². The molecule has 0 heterocycles. The highest BCUT2D eigenvalue weighted by Crippen LogP contribution is 2.39. The summed E-state index contributed by atoms with van der Waals surface area (Å²) >= 11 is 0. The van der Waals surface area contributed by atoms with Crippen LogP contribution in [0.3, 0.4) is 0 Å². The molecule has 0 aliphatic heterocycles. The Morgan fingerprint density at radius 3 is 2.00 bits per heavy atom. The lowest BCUT2D eigenvalue weighted by Gasteiger charge is -2.14. The molecule has 0 bridgehead atoms. The molecule has 0 spiro atoms. The van der Waals surface area contributed by atoms with Gasteiger partial charge in [-0.3, -0.25) is 0 Å². The summed E-state index contributed by atoms with van der Waals surface area (Å²) in [5, 5.41) is 10.3. The highest BCUT2D eigenvalue weighted by molar-refractivity contribution is 7.90. The molecular formula is C26H28O8S. The smallest absolute Gasteiger partial charge is 0.203 e. The van der Waals surface area contributed by atoms with Crippen LogP contribution in [0.25, 0.3) is 12.2 Å². The molecule has 0 aromatic heterocycles.